The minimum Gasteiger partial charge on any atom is -0.383 e. The summed E-state index contributed by atoms with van der Waals surface area (Å²) in [6.07, 6.45) is 3.71. The van der Waals surface area contributed by atoms with Crippen LogP contribution in [0.4, 0.5) is 0 Å². The van der Waals surface area contributed by atoms with Gasteiger partial charge in [0.2, 0.25) is 5.91 Å². The smallest absolute Gasteiger partial charge is 0.275 e. The second-order valence-corrected chi connectivity index (χ2v) is 5.97. The molecule has 1 aliphatic heterocycles. The molecule has 120 valence electrons. The number of carbonyl (C=O) groups excluding carboxylic acids is 2. The quantitative estimate of drug-likeness (QED) is 0.726. The van der Waals surface area contributed by atoms with E-state index in [0.717, 1.165) is 12.8 Å². The fourth-order valence-electron chi connectivity index (χ4n) is 2.47. The molecule has 2 heterocycles. The number of ether oxygens (including phenoxy) is 1. The van der Waals surface area contributed by atoms with Crippen molar-refractivity contribution in [2.75, 3.05) is 40.4 Å². The van der Waals surface area contributed by atoms with E-state index < -0.39 is 0 Å². The van der Waals surface area contributed by atoms with Crippen molar-refractivity contribution in [3.63, 3.8) is 0 Å². The standard InChI is InChI=1S/C14H21N5O3/c1-17(5-6-22-2)14(21)12-9-19(16-15-12)11-7-18(8-11)13(20)10-3-4-10/h9-11H,3-8H2,1-2H3. The van der Waals surface area contributed by atoms with E-state index in [1.54, 1.807) is 29.9 Å². The average molecular weight is 307 g/mol. The molecule has 1 saturated carbocycles. The number of rotatable bonds is 6. The van der Waals surface area contributed by atoms with Crippen molar-refractivity contribution in [1.29, 1.82) is 0 Å². The van der Waals surface area contributed by atoms with Gasteiger partial charge in [-0.05, 0) is 12.8 Å². The highest BCUT2D eigenvalue weighted by molar-refractivity contribution is 5.91. The predicted octanol–water partition coefficient (Wildman–Crippen LogP) is -0.210. The molecule has 0 radical (unpaired) electrons. The van der Waals surface area contributed by atoms with Crippen LogP contribution in [0.3, 0.4) is 0 Å². The van der Waals surface area contributed by atoms with Gasteiger partial charge in [0.15, 0.2) is 5.69 Å². The lowest BCUT2D eigenvalue weighted by atomic mass is 10.1. The number of likely N-dealkylation sites (N-methyl/N-ethyl adjacent to an activating group) is 1. The Labute approximate surface area is 129 Å². The number of nitrogens with zero attached hydrogens (tertiary/aromatic N) is 5. The van der Waals surface area contributed by atoms with E-state index >= 15 is 0 Å². The van der Waals surface area contributed by atoms with Gasteiger partial charge in [0.05, 0.1) is 18.8 Å². The molecule has 1 aliphatic carbocycles. The first kappa shape index (κ1) is 15.0. The third kappa shape index (κ3) is 2.96. The zero-order chi connectivity index (χ0) is 15.7. The molecule has 22 heavy (non-hydrogen) atoms. The van der Waals surface area contributed by atoms with E-state index in [1.165, 1.54) is 0 Å². The Balaban J connectivity index is 1.53. The third-order valence-electron chi connectivity index (χ3n) is 4.18. The van der Waals surface area contributed by atoms with Crippen LogP contribution in [0.25, 0.3) is 0 Å². The highest BCUT2D eigenvalue weighted by atomic mass is 16.5. The number of hydrogen-bond donors (Lipinski definition) is 0. The Hall–Kier alpha value is -1.96. The van der Waals surface area contributed by atoms with E-state index in [0.29, 0.717) is 31.9 Å². The summed E-state index contributed by atoms with van der Waals surface area (Å²) >= 11 is 0. The fraction of sp³-hybridized carbons (Fsp3) is 0.714. The Morgan fingerprint density at radius 2 is 2.14 bits per heavy atom. The summed E-state index contributed by atoms with van der Waals surface area (Å²) in [4.78, 5) is 27.4. The molecule has 2 aliphatic rings. The minimum absolute atomic E-state index is 0.126. The molecule has 0 unspecified atom stereocenters. The van der Waals surface area contributed by atoms with E-state index in [2.05, 4.69) is 10.3 Å². The Bertz CT molecular complexity index is 563. The van der Waals surface area contributed by atoms with Crippen molar-refractivity contribution < 1.29 is 14.3 Å². The summed E-state index contributed by atoms with van der Waals surface area (Å²) in [6, 6.07) is 0.126. The molecule has 0 aromatic carbocycles. The molecule has 3 rings (SSSR count). The molecule has 8 nitrogen and oxygen atoms in total. The predicted molar refractivity (Wildman–Crippen MR) is 77.2 cm³/mol. The molecule has 0 bridgehead atoms. The maximum absolute atomic E-state index is 12.2. The molecular formula is C14H21N5O3. The van der Waals surface area contributed by atoms with Crippen LogP contribution in [-0.4, -0.2) is 77.0 Å². The molecule has 2 amide bonds. The van der Waals surface area contributed by atoms with Crippen LogP contribution in [0.2, 0.25) is 0 Å². The van der Waals surface area contributed by atoms with Crippen LogP contribution in [0.15, 0.2) is 6.20 Å². The first-order valence-corrected chi connectivity index (χ1v) is 7.55. The summed E-state index contributed by atoms with van der Waals surface area (Å²) in [7, 11) is 3.31. The van der Waals surface area contributed by atoms with Crippen molar-refractivity contribution in [3.05, 3.63) is 11.9 Å². The molecular weight excluding hydrogens is 286 g/mol. The van der Waals surface area contributed by atoms with Gasteiger partial charge in [-0.25, -0.2) is 4.68 Å². The van der Waals surface area contributed by atoms with Crippen molar-refractivity contribution in [2.45, 2.75) is 18.9 Å². The molecule has 1 saturated heterocycles. The number of hydrogen-bond acceptors (Lipinski definition) is 5. The SMILES string of the molecule is COCCN(C)C(=O)c1cn(C2CN(C(=O)C3CC3)C2)nn1. The van der Waals surface area contributed by atoms with Crippen LogP contribution >= 0.6 is 0 Å². The average Bonchev–Trinajstić information content (AvgIpc) is 3.21. The van der Waals surface area contributed by atoms with Crippen molar-refractivity contribution in [1.82, 2.24) is 24.8 Å². The van der Waals surface area contributed by atoms with Gasteiger partial charge < -0.3 is 14.5 Å². The van der Waals surface area contributed by atoms with Gasteiger partial charge in [-0.2, -0.15) is 0 Å². The lowest BCUT2D eigenvalue weighted by Gasteiger charge is -2.39. The monoisotopic (exact) mass is 307 g/mol. The second kappa shape index (κ2) is 6.04. The maximum atomic E-state index is 12.2. The number of carbonyl (C=O) groups is 2. The van der Waals surface area contributed by atoms with E-state index in [-0.39, 0.29) is 23.8 Å². The number of methoxy groups -OCH3 is 1. The molecule has 0 spiro atoms. The number of aromatic nitrogens is 3. The van der Waals surface area contributed by atoms with Gasteiger partial charge in [-0.1, -0.05) is 5.21 Å². The first-order chi connectivity index (χ1) is 10.6. The summed E-state index contributed by atoms with van der Waals surface area (Å²) < 4.78 is 6.64. The summed E-state index contributed by atoms with van der Waals surface area (Å²) in [6.45, 7) is 2.31. The Kier molecular flexibility index (Phi) is 4.10. The summed E-state index contributed by atoms with van der Waals surface area (Å²) in [5.74, 6) is 0.337. The third-order valence-corrected chi connectivity index (χ3v) is 4.18. The highest BCUT2D eigenvalue weighted by Crippen LogP contribution is 2.34. The number of amides is 2. The number of likely N-dealkylation sites (tertiary alicyclic amines) is 1. The lowest BCUT2D eigenvalue weighted by Crippen LogP contribution is -2.51. The zero-order valence-corrected chi connectivity index (χ0v) is 12.9. The largest absolute Gasteiger partial charge is 0.383 e. The maximum Gasteiger partial charge on any atom is 0.275 e. The van der Waals surface area contributed by atoms with Gasteiger partial charge in [-0.3, -0.25) is 9.59 Å². The molecule has 0 N–H and O–H groups in total. The van der Waals surface area contributed by atoms with Gasteiger partial charge in [0, 0.05) is 39.7 Å². The van der Waals surface area contributed by atoms with E-state index in [4.69, 9.17) is 4.74 Å². The first-order valence-electron chi connectivity index (χ1n) is 7.55. The molecule has 2 fully saturated rings. The lowest BCUT2D eigenvalue weighted by molar-refractivity contribution is -0.138. The highest BCUT2D eigenvalue weighted by Gasteiger charge is 2.40. The van der Waals surface area contributed by atoms with Crippen molar-refractivity contribution in [3.8, 4) is 0 Å². The van der Waals surface area contributed by atoms with E-state index in [9.17, 15) is 9.59 Å². The summed E-state index contributed by atoms with van der Waals surface area (Å²) in [5, 5.41) is 7.97. The minimum atomic E-state index is -0.173. The van der Waals surface area contributed by atoms with Crippen LogP contribution in [0.1, 0.15) is 29.4 Å². The summed E-state index contributed by atoms with van der Waals surface area (Å²) in [5.41, 5.74) is 0.325. The molecule has 0 atom stereocenters. The van der Waals surface area contributed by atoms with Crippen LogP contribution in [0.5, 0.6) is 0 Å². The molecule has 1 aromatic rings. The second-order valence-electron chi connectivity index (χ2n) is 5.97. The molecule has 1 aromatic heterocycles. The zero-order valence-electron chi connectivity index (χ0n) is 12.9. The Morgan fingerprint density at radius 1 is 1.41 bits per heavy atom. The van der Waals surface area contributed by atoms with Gasteiger partial charge >= 0.3 is 0 Å². The fourth-order valence-corrected chi connectivity index (χ4v) is 2.47. The van der Waals surface area contributed by atoms with Crippen LogP contribution < -0.4 is 0 Å². The molecule has 8 heteroatoms. The van der Waals surface area contributed by atoms with E-state index in [1.807, 2.05) is 4.90 Å². The van der Waals surface area contributed by atoms with Gasteiger partial charge in [-0.15, -0.1) is 5.10 Å². The van der Waals surface area contributed by atoms with Crippen LogP contribution in [0, 0.1) is 5.92 Å². The van der Waals surface area contributed by atoms with Crippen LogP contribution in [-0.2, 0) is 9.53 Å². The van der Waals surface area contributed by atoms with Gasteiger partial charge in [0.25, 0.3) is 5.91 Å². The van der Waals surface area contributed by atoms with Gasteiger partial charge in [0.1, 0.15) is 0 Å². The van der Waals surface area contributed by atoms with Crippen molar-refractivity contribution >= 4 is 11.8 Å². The topological polar surface area (TPSA) is 80.6 Å². The normalized spacial score (nSPS) is 18.2. The Morgan fingerprint density at radius 3 is 2.77 bits per heavy atom. The van der Waals surface area contributed by atoms with Crippen molar-refractivity contribution in [2.24, 2.45) is 5.92 Å².